The molecule has 2 rings (SSSR count). The SMILES string of the molecule is CC1=CC=C(CN2CCN(C)CC2)CN1. The van der Waals surface area contributed by atoms with Crippen LogP contribution in [0.15, 0.2) is 23.4 Å². The highest BCUT2D eigenvalue weighted by molar-refractivity contribution is 5.23. The number of piperazine rings is 1. The Kier molecular flexibility index (Phi) is 3.44. The monoisotopic (exact) mass is 207 g/mol. The van der Waals surface area contributed by atoms with E-state index in [4.69, 9.17) is 0 Å². The highest BCUT2D eigenvalue weighted by Gasteiger charge is 2.15. The third kappa shape index (κ3) is 3.08. The van der Waals surface area contributed by atoms with Gasteiger partial charge in [-0.05, 0) is 25.6 Å². The highest BCUT2D eigenvalue weighted by atomic mass is 15.2. The van der Waals surface area contributed by atoms with Gasteiger partial charge in [0.05, 0.1) is 0 Å². The maximum Gasteiger partial charge on any atom is 0.0372 e. The number of dihydropyridines is 1. The highest BCUT2D eigenvalue weighted by Crippen LogP contribution is 2.07. The molecule has 1 fully saturated rings. The van der Waals surface area contributed by atoms with Gasteiger partial charge in [0.2, 0.25) is 0 Å². The van der Waals surface area contributed by atoms with Crippen LogP contribution in [0, 0.1) is 0 Å². The molecule has 84 valence electrons. The lowest BCUT2D eigenvalue weighted by molar-refractivity contribution is 0.163. The predicted molar refractivity (Wildman–Crippen MR) is 63.8 cm³/mol. The predicted octanol–water partition coefficient (Wildman–Crippen LogP) is 0.667. The van der Waals surface area contributed by atoms with Gasteiger partial charge in [0.25, 0.3) is 0 Å². The van der Waals surface area contributed by atoms with E-state index in [0.717, 1.165) is 13.1 Å². The first-order valence-corrected chi connectivity index (χ1v) is 5.75. The summed E-state index contributed by atoms with van der Waals surface area (Å²) in [7, 11) is 2.20. The van der Waals surface area contributed by atoms with E-state index in [1.165, 1.54) is 37.4 Å². The van der Waals surface area contributed by atoms with E-state index in [1.54, 1.807) is 0 Å². The number of hydrogen-bond donors (Lipinski definition) is 1. The van der Waals surface area contributed by atoms with Crippen molar-refractivity contribution in [1.82, 2.24) is 15.1 Å². The standard InChI is InChI=1S/C12H21N3/c1-11-3-4-12(9-13-11)10-15-7-5-14(2)6-8-15/h3-4,13H,5-10H2,1-2H3. The number of rotatable bonds is 2. The van der Waals surface area contributed by atoms with Gasteiger partial charge in [0.15, 0.2) is 0 Å². The molecular weight excluding hydrogens is 186 g/mol. The number of hydrogen-bond acceptors (Lipinski definition) is 3. The van der Waals surface area contributed by atoms with E-state index in [9.17, 15) is 0 Å². The first-order chi connectivity index (χ1) is 7.24. The third-order valence-corrected chi connectivity index (χ3v) is 3.19. The zero-order chi connectivity index (χ0) is 10.7. The fraction of sp³-hybridized carbons (Fsp3) is 0.667. The summed E-state index contributed by atoms with van der Waals surface area (Å²) < 4.78 is 0. The van der Waals surface area contributed by atoms with Crippen LogP contribution in [-0.2, 0) is 0 Å². The van der Waals surface area contributed by atoms with Crippen LogP contribution >= 0.6 is 0 Å². The summed E-state index contributed by atoms with van der Waals surface area (Å²) >= 11 is 0. The van der Waals surface area contributed by atoms with Gasteiger partial charge in [-0.3, -0.25) is 4.90 Å². The van der Waals surface area contributed by atoms with Crippen molar-refractivity contribution in [1.29, 1.82) is 0 Å². The lowest BCUT2D eigenvalue weighted by Gasteiger charge is -2.33. The van der Waals surface area contributed by atoms with E-state index in [2.05, 4.69) is 41.2 Å². The van der Waals surface area contributed by atoms with Crippen molar-refractivity contribution in [3.8, 4) is 0 Å². The van der Waals surface area contributed by atoms with E-state index < -0.39 is 0 Å². The number of allylic oxidation sites excluding steroid dienone is 3. The second-order valence-electron chi connectivity index (χ2n) is 4.61. The Morgan fingerprint density at radius 2 is 1.93 bits per heavy atom. The molecule has 3 heteroatoms. The van der Waals surface area contributed by atoms with Gasteiger partial charge >= 0.3 is 0 Å². The Morgan fingerprint density at radius 3 is 2.53 bits per heavy atom. The van der Waals surface area contributed by atoms with Crippen LogP contribution < -0.4 is 5.32 Å². The Balaban J connectivity index is 1.82. The maximum absolute atomic E-state index is 3.39. The van der Waals surface area contributed by atoms with E-state index in [1.807, 2.05) is 0 Å². The number of nitrogens with one attached hydrogen (secondary N) is 1. The summed E-state index contributed by atoms with van der Waals surface area (Å²) in [6.45, 7) is 9.08. The molecule has 0 atom stereocenters. The van der Waals surface area contributed by atoms with Crippen LogP contribution in [0.4, 0.5) is 0 Å². The normalized spacial score (nSPS) is 24.4. The molecule has 15 heavy (non-hydrogen) atoms. The van der Waals surface area contributed by atoms with Crippen molar-refractivity contribution in [3.05, 3.63) is 23.4 Å². The van der Waals surface area contributed by atoms with Gasteiger partial charge < -0.3 is 10.2 Å². The molecule has 0 aromatic rings. The maximum atomic E-state index is 3.39. The van der Waals surface area contributed by atoms with Gasteiger partial charge in [-0.1, -0.05) is 6.08 Å². The summed E-state index contributed by atoms with van der Waals surface area (Å²) in [5.74, 6) is 0. The van der Waals surface area contributed by atoms with E-state index in [0.29, 0.717) is 0 Å². The van der Waals surface area contributed by atoms with E-state index in [-0.39, 0.29) is 0 Å². The van der Waals surface area contributed by atoms with E-state index >= 15 is 0 Å². The summed E-state index contributed by atoms with van der Waals surface area (Å²) in [5, 5.41) is 3.39. The molecule has 2 aliphatic rings. The number of likely N-dealkylation sites (N-methyl/N-ethyl adjacent to an activating group) is 1. The van der Waals surface area contributed by atoms with Crippen LogP contribution in [-0.4, -0.2) is 56.1 Å². The van der Waals surface area contributed by atoms with Crippen molar-refractivity contribution >= 4 is 0 Å². The third-order valence-electron chi connectivity index (χ3n) is 3.19. The lowest BCUT2D eigenvalue weighted by Crippen LogP contribution is -2.45. The smallest absolute Gasteiger partial charge is 0.0372 e. The molecular formula is C12H21N3. The minimum Gasteiger partial charge on any atom is -0.385 e. The van der Waals surface area contributed by atoms with Gasteiger partial charge in [-0.15, -0.1) is 0 Å². The average molecular weight is 207 g/mol. The fourth-order valence-corrected chi connectivity index (χ4v) is 2.02. The van der Waals surface area contributed by atoms with Gasteiger partial charge in [0.1, 0.15) is 0 Å². The first kappa shape index (κ1) is 10.7. The second-order valence-corrected chi connectivity index (χ2v) is 4.61. The van der Waals surface area contributed by atoms with Crippen molar-refractivity contribution in [2.45, 2.75) is 6.92 Å². The van der Waals surface area contributed by atoms with Crippen LogP contribution in [0.1, 0.15) is 6.92 Å². The van der Waals surface area contributed by atoms with Gasteiger partial charge in [-0.25, -0.2) is 0 Å². The summed E-state index contributed by atoms with van der Waals surface area (Å²) in [6.07, 6.45) is 4.44. The Hall–Kier alpha value is -0.800. The fourth-order valence-electron chi connectivity index (χ4n) is 2.02. The van der Waals surface area contributed by atoms with Gasteiger partial charge in [-0.2, -0.15) is 0 Å². The molecule has 0 aliphatic carbocycles. The van der Waals surface area contributed by atoms with Crippen molar-refractivity contribution in [3.63, 3.8) is 0 Å². The van der Waals surface area contributed by atoms with Crippen molar-refractivity contribution in [2.75, 3.05) is 46.3 Å². The second kappa shape index (κ2) is 4.81. The molecule has 1 N–H and O–H groups in total. The number of nitrogens with zero attached hydrogens (tertiary/aromatic N) is 2. The first-order valence-electron chi connectivity index (χ1n) is 5.75. The molecule has 1 saturated heterocycles. The quantitative estimate of drug-likeness (QED) is 0.718. The molecule has 0 radical (unpaired) electrons. The van der Waals surface area contributed by atoms with Crippen LogP contribution in [0.25, 0.3) is 0 Å². The van der Waals surface area contributed by atoms with Gasteiger partial charge in [0, 0.05) is 45.0 Å². The zero-order valence-electron chi connectivity index (χ0n) is 9.79. The molecule has 0 unspecified atom stereocenters. The van der Waals surface area contributed by atoms with Crippen LogP contribution in [0.5, 0.6) is 0 Å². The topological polar surface area (TPSA) is 18.5 Å². The van der Waals surface area contributed by atoms with Crippen LogP contribution in [0.2, 0.25) is 0 Å². The van der Waals surface area contributed by atoms with Crippen molar-refractivity contribution < 1.29 is 0 Å². The Morgan fingerprint density at radius 1 is 1.20 bits per heavy atom. The Labute approximate surface area is 92.4 Å². The summed E-state index contributed by atoms with van der Waals surface area (Å²) in [4.78, 5) is 4.94. The molecule has 0 spiro atoms. The lowest BCUT2D eigenvalue weighted by atomic mass is 10.1. The summed E-state index contributed by atoms with van der Waals surface area (Å²) in [6, 6.07) is 0. The summed E-state index contributed by atoms with van der Waals surface area (Å²) in [5.41, 5.74) is 2.78. The van der Waals surface area contributed by atoms with Crippen LogP contribution in [0.3, 0.4) is 0 Å². The Bertz CT molecular complexity index is 273. The minimum atomic E-state index is 1.02. The molecule has 0 aromatic heterocycles. The largest absolute Gasteiger partial charge is 0.385 e. The molecule has 0 amide bonds. The molecule has 2 heterocycles. The molecule has 0 bridgehead atoms. The molecule has 0 aromatic carbocycles. The molecule has 2 aliphatic heterocycles. The average Bonchev–Trinajstić information content (AvgIpc) is 2.25. The molecule has 0 saturated carbocycles. The van der Waals surface area contributed by atoms with Crippen molar-refractivity contribution in [2.24, 2.45) is 0 Å². The zero-order valence-corrected chi connectivity index (χ0v) is 9.79. The molecule has 3 nitrogen and oxygen atoms in total. The minimum absolute atomic E-state index is 1.02.